The summed E-state index contributed by atoms with van der Waals surface area (Å²) in [5, 5.41) is 9.96. The number of ether oxygens (including phenoxy) is 3. The molecule has 1 aromatic rings. The number of aliphatic hydroxyl groups excluding tert-OH is 1. The average molecular weight is 345 g/mol. The van der Waals surface area contributed by atoms with Gasteiger partial charge in [-0.25, -0.2) is 0 Å². The Balaban J connectivity index is 1.83. The van der Waals surface area contributed by atoms with E-state index in [-0.39, 0.29) is 6.61 Å². The fraction of sp³-hybridized carbons (Fsp3) is 0.500. The van der Waals surface area contributed by atoms with Crippen molar-refractivity contribution in [1.29, 1.82) is 0 Å². The Morgan fingerprint density at radius 1 is 1.40 bits per heavy atom. The maximum absolute atomic E-state index is 11.5. The second-order valence-electron chi connectivity index (χ2n) is 4.83. The van der Waals surface area contributed by atoms with Crippen molar-refractivity contribution in [1.82, 2.24) is 0 Å². The Bertz CT molecular complexity index is 471. The average Bonchev–Trinajstić information content (AvgIpc) is 2.63. The molecule has 1 heterocycles. The first-order valence-electron chi connectivity index (χ1n) is 6.24. The molecule has 0 spiro atoms. The van der Waals surface area contributed by atoms with Crippen LogP contribution in [-0.2, 0) is 20.9 Å². The van der Waals surface area contributed by atoms with E-state index >= 15 is 0 Å². The smallest absolute Gasteiger partial charge is 0.325 e. The van der Waals surface area contributed by atoms with E-state index in [9.17, 15) is 9.90 Å². The summed E-state index contributed by atoms with van der Waals surface area (Å²) in [5.41, 5.74) is 0.978. The molecule has 1 aliphatic rings. The summed E-state index contributed by atoms with van der Waals surface area (Å²) >= 11 is 3.17. The molecule has 5 nitrogen and oxygen atoms in total. The maximum Gasteiger partial charge on any atom is 0.325 e. The summed E-state index contributed by atoms with van der Waals surface area (Å²) in [7, 11) is 1.61. The van der Waals surface area contributed by atoms with E-state index in [4.69, 9.17) is 14.2 Å². The minimum Gasteiger partial charge on any atom is -0.497 e. The van der Waals surface area contributed by atoms with Crippen LogP contribution in [0.3, 0.4) is 0 Å². The van der Waals surface area contributed by atoms with Gasteiger partial charge in [0.1, 0.15) is 16.2 Å². The molecule has 1 saturated heterocycles. The number of alkyl halides is 1. The van der Waals surface area contributed by atoms with Gasteiger partial charge in [0.25, 0.3) is 0 Å². The van der Waals surface area contributed by atoms with Gasteiger partial charge in [-0.05, 0) is 24.6 Å². The van der Waals surface area contributed by atoms with Gasteiger partial charge in [0, 0.05) is 0 Å². The quantitative estimate of drug-likeness (QED) is 0.649. The number of aliphatic hydroxyl groups is 1. The fourth-order valence-corrected chi connectivity index (χ4v) is 2.32. The summed E-state index contributed by atoms with van der Waals surface area (Å²) < 4.78 is 14.6. The van der Waals surface area contributed by atoms with Gasteiger partial charge in [-0.1, -0.05) is 28.1 Å². The topological polar surface area (TPSA) is 65.0 Å². The van der Waals surface area contributed by atoms with E-state index in [2.05, 4.69) is 15.9 Å². The predicted octanol–water partition coefficient (Wildman–Crippen LogP) is 1.65. The zero-order chi connectivity index (χ0) is 14.8. The monoisotopic (exact) mass is 344 g/mol. The molecule has 1 fully saturated rings. The number of benzene rings is 1. The molecule has 0 aliphatic carbocycles. The highest BCUT2D eigenvalue weighted by atomic mass is 79.9. The molecule has 3 atom stereocenters. The molecule has 0 bridgehead atoms. The number of methoxy groups -OCH3 is 1. The zero-order valence-corrected chi connectivity index (χ0v) is 12.9. The number of esters is 1. The van der Waals surface area contributed by atoms with E-state index in [1.807, 2.05) is 24.3 Å². The van der Waals surface area contributed by atoms with Gasteiger partial charge < -0.3 is 19.3 Å². The number of carbonyl (C=O) groups excluding carboxylic acids is 1. The Hall–Kier alpha value is -1.11. The molecular formula is C14H17BrO5. The lowest BCUT2D eigenvalue weighted by atomic mass is 10.0. The van der Waals surface area contributed by atoms with Gasteiger partial charge in [-0.15, -0.1) is 0 Å². The van der Waals surface area contributed by atoms with Crippen LogP contribution >= 0.6 is 15.9 Å². The van der Waals surface area contributed by atoms with Crippen molar-refractivity contribution in [2.45, 2.75) is 30.1 Å². The number of cyclic esters (lactones) is 1. The highest BCUT2D eigenvalue weighted by molar-refractivity contribution is 9.10. The molecule has 20 heavy (non-hydrogen) atoms. The van der Waals surface area contributed by atoms with Crippen LogP contribution < -0.4 is 4.74 Å². The maximum atomic E-state index is 11.5. The highest BCUT2D eigenvalue weighted by Gasteiger charge is 2.52. The Labute approximate surface area is 126 Å². The Morgan fingerprint density at radius 3 is 2.55 bits per heavy atom. The number of halogens is 1. The van der Waals surface area contributed by atoms with Crippen molar-refractivity contribution in [2.24, 2.45) is 0 Å². The van der Waals surface area contributed by atoms with Crippen LogP contribution in [0.25, 0.3) is 0 Å². The zero-order valence-electron chi connectivity index (χ0n) is 11.3. The molecule has 0 radical (unpaired) electrons. The van der Waals surface area contributed by atoms with Crippen molar-refractivity contribution >= 4 is 21.9 Å². The Morgan fingerprint density at radius 2 is 2.05 bits per heavy atom. The van der Waals surface area contributed by atoms with Gasteiger partial charge in [0.2, 0.25) is 0 Å². The third kappa shape index (κ3) is 3.13. The van der Waals surface area contributed by atoms with Gasteiger partial charge >= 0.3 is 5.97 Å². The first-order valence-corrected chi connectivity index (χ1v) is 7.03. The van der Waals surface area contributed by atoms with Crippen LogP contribution in [0.4, 0.5) is 0 Å². The van der Waals surface area contributed by atoms with E-state index in [0.29, 0.717) is 6.61 Å². The molecule has 0 saturated carbocycles. The standard InChI is InChI=1S/C14H17BrO5/c1-14(15)12(16)11(20-13(14)17)8-19-7-9-3-5-10(18-2)6-4-9/h3-6,11-12,16H,7-8H2,1-2H3/t11-,12-,14?/m1/s1. The summed E-state index contributed by atoms with van der Waals surface area (Å²) in [5.74, 6) is 0.312. The first kappa shape index (κ1) is 15.3. The largest absolute Gasteiger partial charge is 0.497 e. The predicted molar refractivity (Wildman–Crippen MR) is 75.9 cm³/mol. The summed E-state index contributed by atoms with van der Waals surface area (Å²) in [6, 6.07) is 7.48. The third-order valence-corrected chi connectivity index (χ3v) is 4.07. The molecule has 2 rings (SSSR count). The molecule has 6 heteroatoms. The van der Waals surface area contributed by atoms with Crippen molar-refractivity contribution in [3.63, 3.8) is 0 Å². The molecule has 1 aromatic carbocycles. The summed E-state index contributed by atoms with van der Waals surface area (Å²) in [6.45, 7) is 2.12. The number of hydrogen-bond acceptors (Lipinski definition) is 5. The lowest BCUT2D eigenvalue weighted by Crippen LogP contribution is -2.39. The van der Waals surface area contributed by atoms with E-state index in [1.54, 1.807) is 14.0 Å². The molecular weight excluding hydrogens is 328 g/mol. The Kier molecular flexibility index (Phi) is 4.67. The minimum atomic E-state index is -1.05. The highest BCUT2D eigenvalue weighted by Crippen LogP contribution is 2.33. The summed E-state index contributed by atoms with van der Waals surface area (Å²) in [6.07, 6.45) is -1.57. The summed E-state index contributed by atoms with van der Waals surface area (Å²) in [4.78, 5) is 11.5. The number of carbonyl (C=O) groups is 1. The van der Waals surface area contributed by atoms with Crippen LogP contribution in [0.2, 0.25) is 0 Å². The molecule has 0 aromatic heterocycles. The van der Waals surface area contributed by atoms with E-state index < -0.39 is 22.5 Å². The van der Waals surface area contributed by atoms with Crippen molar-refractivity contribution in [2.75, 3.05) is 13.7 Å². The van der Waals surface area contributed by atoms with Crippen molar-refractivity contribution in [3.8, 4) is 5.75 Å². The van der Waals surface area contributed by atoms with Crippen LogP contribution in [-0.4, -0.2) is 41.3 Å². The van der Waals surface area contributed by atoms with Crippen LogP contribution in [0, 0.1) is 0 Å². The lowest BCUT2D eigenvalue weighted by Gasteiger charge is -2.18. The molecule has 1 N–H and O–H groups in total. The van der Waals surface area contributed by atoms with E-state index in [1.165, 1.54) is 0 Å². The molecule has 1 unspecified atom stereocenters. The lowest BCUT2D eigenvalue weighted by molar-refractivity contribution is -0.145. The van der Waals surface area contributed by atoms with Gasteiger partial charge in [-0.3, -0.25) is 4.79 Å². The normalized spacial score (nSPS) is 29.3. The minimum absolute atomic E-state index is 0.153. The SMILES string of the molecule is COc1ccc(COC[C@H]2OC(=O)C(C)(Br)[C@@H]2O)cc1. The van der Waals surface area contributed by atoms with Gasteiger partial charge in [0.05, 0.1) is 20.3 Å². The second kappa shape index (κ2) is 6.11. The number of hydrogen-bond donors (Lipinski definition) is 1. The fourth-order valence-electron chi connectivity index (χ4n) is 1.93. The van der Waals surface area contributed by atoms with Crippen molar-refractivity contribution in [3.05, 3.63) is 29.8 Å². The van der Waals surface area contributed by atoms with Gasteiger partial charge in [-0.2, -0.15) is 0 Å². The first-order chi connectivity index (χ1) is 9.45. The number of rotatable bonds is 5. The molecule has 1 aliphatic heterocycles. The van der Waals surface area contributed by atoms with Crippen LogP contribution in [0.5, 0.6) is 5.75 Å². The van der Waals surface area contributed by atoms with Crippen LogP contribution in [0.15, 0.2) is 24.3 Å². The van der Waals surface area contributed by atoms with Gasteiger partial charge in [0.15, 0.2) is 6.10 Å². The molecule has 110 valence electrons. The third-order valence-electron chi connectivity index (χ3n) is 3.28. The molecule has 0 amide bonds. The second-order valence-corrected chi connectivity index (χ2v) is 6.47. The van der Waals surface area contributed by atoms with E-state index in [0.717, 1.165) is 11.3 Å². The van der Waals surface area contributed by atoms with Crippen LogP contribution in [0.1, 0.15) is 12.5 Å². The van der Waals surface area contributed by atoms with Crippen molar-refractivity contribution < 1.29 is 24.1 Å².